The Morgan fingerprint density at radius 3 is 2.56 bits per heavy atom. The van der Waals surface area contributed by atoms with E-state index in [2.05, 4.69) is 13.8 Å². The highest BCUT2D eigenvalue weighted by molar-refractivity contribution is 6.13. The monoisotopic (exact) mass is 342 g/mol. The number of anilines is 1. The maximum atomic E-state index is 12.9. The van der Waals surface area contributed by atoms with E-state index in [0.29, 0.717) is 23.6 Å². The van der Waals surface area contributed by atoms with Crippen LogP contribution in [-0.2, 0) is 11.2 Å². The molecule has 0 radical (unpaired) electrons. The maximum absolute atomic E-state index is 12.9. The Labute approximate surface area is 150 Å². The van der Waals surface area contributed by atoms with Crippen LogP contribution in [0.2, 0.25) is 0 Å². The molecule has 0 aromatic heterocycles. The molecule has 1 aliphatic carbocycles. The van der Waals surface area contributed by atoms with E-state index in [9.17, 15) is 4.79 Å². The summed E-state index contributed by atoms with van der Waals surface area (Å²) in [5, 5.41) is 0. The fourth-order valence-electron chi connectivity index (χ4n) is 4.21. The Balaban J connectivity index is 1.88. The van der Waals surface area contributed by atoms with Gasteiger partial charge >= 0.3 is 0 Å². The molecule has 0 amide bonds. The first kappa shape index (κ1) is 18.0. The van der Waals surface area contributed by atoms with E-state index >= 15 is 0 Å². The molecule has 4 heteroatoms. The van der Waals surface area contributed by atoms with E-state index in [-0.39, 0.29) is 11.5 Å². The second-order valence-corrected chi connectivity index (χ2v) is 8.13. The Kier molecular flexibility index (Phi) is 5.16. The molecule has 3 rings (SSSR count). The average Bonchev–Trinajstić information content (AvgIpc) is 2.83. The summed E-state index contributed by atoms with van der Waals surface area (Å²) >= 11 is 0. The molecular formula is C21H30N2O2. The molecule has 2 N–H and O–H groups in total. The molecule has 0 atom stereocenters. The molecule has 0 spiro atoms. The normalized spacial score (nSPS) is 20.4. The van der Waals surface area contributed by atoms with Gasteiger partial charge in [-0.05, 0) is 50.8 Å². The summed E-state index contributed by atoms with van der Waals surface area (Å²) < 4.78 is 5.37. The van der Waals surface area contributed by atoms with Gasteiger partial charge in [0.15, 0.2) is 0 Å². The van der Waals surface area contributed by atoms with Gasteiger partial charge in [0.25, 0.3) is 0 Å². The van der Waals surface area contributed by atoms with Crippen LogP contribution >= 0.6 is 0 Å². The number of fused-ring (bicyclic) bond motifs is 1. The lowest BCUT2D eigenvalue weighted by atomic mass is 9.83. The number of Topliss-reactive ketones (excluding diaryl/α,β-unsaturated/α-hetero) is 1. The van der Waals surface area contributed by atoms with E-state index in [4.69, 9.17) is 15.5 Å². The van der Waals surface area contributed by atoms with Gasteiger partial charge in [0.1, 0.15) is 11.5 Å². The average molecular weight is 342 g/mol. The fraction of sp³-hybridized carbons (Fsp3) is 0.619. The number of rotatable bonds is 4. The minimum Gasteiger partial charge on any atom is -0.495 e. The van der Waals surface area contributed by atoms with Crippen molar-refractivity contribution in [3.05, 3.63) is 23.3 Å². The number of methoxy groups -OCH3 is 1. The molecule has 2 aliphatic rings. The van der Waals surface area contributed by atoms with Gasteiger partial charge in [-0.1, -0.05) is 25.7 Å². The van der Waals surface area contributed by atoms with Crippen LogP contribution < -0.4 is 10.5 Å². The van der Waals surface area contributed by atoms with Crippen molar-refractivity contribution in [3.8, 4) is 5.75 Å². The Hall–Kier alpha value is -1.84. The second-order valence-electron chi connectivity index (χ2n) is 8.13. The molecular weight excluding hydrogens is 312 g/mol. The van der Waals surface area contributed by atoms with Crippen LogP contribution in [0.15, 0.2) is 17.1 Å². The number of nitrogen functional groups attached to an aromatic ring is 1. The van der Waals surface area contributed by atoms with Gasteiger partial charge in [0.2, 0.25) is 0 Å². The number of carbonyl (C=O) groups is 1. The van der Waals surface area contributed by atoms with Crippen LogP contribution in [0.4, 0.5) is 5.69 Å². The first-order valence-electron chi connectivity index (χ1n) is 9.48. The standard InChI is InChI=1S/C21H30N2O2/c1-21(2)13-15-10-20(25-3)17(22)11-16(15)18(23-21)12-19(24)14-8-6-4-5-7-9-14/h10-11,14H,4-9,12-13,22H2,1-3H3. The zero-order valence-electron chi connectivity index (χ0n) is 15.7. The lowest BCUT2D eigenvalue weighted by Gasteiger charge is -2.30. The lowest BCUT2D eigenvalue weighted by molar-refractivity contribution is -0.122. The molecule has 4 nitrogen and oxygen atoms in total. The third kappa shape index (κ3) is 4.05. The first-order valence-corrected chi connectivity index (χ1v) is 9.48. The molecule has 1 saturated carbocycles. The third-order valence-electron chi connectivity index (χ3n) is 5.48. The van der Waals surface area contributed by atoms with Crippen LogP contribution in [0.5, 0.6) is 5.75 Å². The predicted molar refractivity (Wildman–Crippen MR) is 103 cm³/mol. The number of hydrogen-bond acceptors (Lipinski definition) is 4. The number of ether oxygens (including phenoxy) is 1. The minimum absolute atomic E-state index is 0.201. The van der Waals surface area contributed by atoms with Crippen molar-refractivity contribution in [1.29, 1.82) is 0 Å². The summed E-state index contributed by atoms with van der Waals surface area (Å²) in [6.45, 7) is 4.24. The van der Waals surface area contributed by atoms with E-state index in [1.807, 2.05) is 12.1 Å². The third-order valence-corrected chi connectivity index (χ3v) is 5.48. The zero-order chi connectivity index (χ0) is 18.0. The topological polar surface area (TPSA) is 64.7 Å². The fourth-order valence-corrected chi connectivity index (χ4v) is 4.21. The first-order chi connectivity index (χ1) is 11.9. The van der Waals surface area contributed by atoms with E-state index in [1.165, 1.54) is 31.2 Å². The summed E-state index contributed by atoms with van der Waals surface area (Å²) in [6.07, 6.45) is 8.20. The quantitative estimate of drug-likeness (QED) is 0.654. The number of nitrogens with two attached hydrogens (primary N) is 1. The van der Waals surface area contributed by atoms with Crippen LogP contribution in [0.1, 0.15) is 69.9 Å². The molecule has 0 bridgehead atoms. The summed E-state index contributed by atoms with van der Waals surface area (Å²) in [6, 6.07) is 3.94. The minimum atomic E-state index is -0.201. The van der Waals surface area contributed by atoms with Gasteiger partial charge in [-0.2, -0.15) is 0 Å². The maximum Gasteiger partial charge on any atom is 0.142 e. The number of nitrogens with zero attached hydrogens (tertiary/aromatic N) is 1. The van der Waals surface area contributed by atoms with Crippen molar-refractivity contribution in [1.82, 2.24) is 0 Å². The van der Waals surface area contributed by atoms with Crippen LogP contribution in [0.25, 0.3) is 0 Å². The van der Waals surface area contributed by atoms with Crippen molar-refractivity contribution in [2.45, 2.75) is 70.8 Å². The van der Waals surface area contributed by atoms with Crippen molar-refractivity contribution < 1.29 is 9.53 Å². The molecule has 1 aromatic rings. The highest BCUT2D eigenvalue weighted by Crippen LogP contribution is 2.35. The largest absolute Gasteiger partial charge is 0.495 e. The summed E-state index contributed by atoms with van der Waals surface area (Å²) in [7, 11) is 1.64. The van der Waals surface area contributed by atoms with Gasteiger partial charge in [-0.25, -0.2) is 0 Å². The SMILES string of the molecule is COc1cc2c(cc1N)C(CC(=O)C1CCCCCC1)=NC(C)(C)C2. The zero-order valence-corrected chi connectivity index (χ0v) is 15.7. The van der Waals surface area contributed by atoms with Crippen LogP contribution in [-0.4, -0.2) is 24.1 Å². The Bertz CT molecular complexity index is 683. The number of carbonyl (C=O) groups excluding carboxylic acids is 1. The molecule has 1 fully saturated rings. The van der Waals surface area contributed by atoms with Crippen molar-refractivity contribution in [2.75, 3.05) is 12.8 Å². The van der Waals surface area contributed by atoms with E-state index in [0.717, 1.165) is 30.5 Å². The number of aliphatic imine (C=N–C) groups is 1. The summed E-state index contributed by atoms with van der Waals surface area (Å²) in [5.41, 5.74) is 9.62. The van der Waals surface area contributed by atoms with Gasteiger partial charge in [0.05, 0.1) is 24.0 Å². The highest BCUT2D eigenvalue weighted by Gasteiger charge is 2.30. The molecule has 25 heavy (non-hydrogen) atoms. The molecule has 1 aliphatic heterocycles. The predicted octanol–water partition coefficient (Wildman–Crippen LogP) is 4.33. The number of hydrogen-bond donors (Lipinski definition) is 1. The highest BCUT2D eigenvalue weighted by atomic mass is 16.5. The van der Waals surface area contributed by atoms with Crippen molar-refractivity contribution in [2.24, 2.45) is 10.9 Å². The molecule has 136 valence electrons. The second kappa shape index (κ2) is 7.19. The van der Waals surface area contributed by atoms with Gasteiger partial charge < -0.3 is 10.5 Å². The smallest absolute Gasteiger partial charge is 0.142 e. The van der Waals surface area contributed by atoms with Crippen molar-refractivity contribution >= 4 is 17.2 Å². The molecule has 1 heterocycles. The molecule has 1 aromatic carbocycles. The van der Waals surface area contributed by atoms with Crippen LogP contribution in [0, 0.1) is 5.92 Å². The van der Waals surface area contributed by atoms with Gasteiger partial charge in [-0.15, -0.1) is 0 Å². The van der Waals surface area contributed by atoms with Crippen molar-refractivity contribution in [3.63, 3.8) is 0 Å². The molecule has 0 unspecified atom stereocenters. The Morgan fingerprint density at radius 1 is 1.24 bits per heavy atom. The number of benzene rings is 1. The van der Waals surface area contributed by atoms with Crippen LogP contribution in [0.3, 0.4) is 0 Å². The Morgan fingerprint density at radius 2 is 1.92 bits per heavy atom. The summed E-state index contributed by atoms with van der Waals surface area (Å²) in [5.74, 6) is 1.25. The van der Waals surface area contributed by atoms with Gasteiger partial charge in [-0.3, -0.25) is 9.79 Å². The van der Waals surface area contributed by atoms with Gasteiger partial charge in [0, 0.05) is 17.9 Å². The van der Waals surface area contributed by atoms with E-state index < -0.39 is 0 Å². The number of ketones is 1. The van der Waals surface area contributed by atoms with E-state index in [1.54, 1.807) is 7.11 Å². The lowest BCUT2D eigenvalue weighted by Crippen LogP contribution is -2.31. The summed E-state index contributed by atoms with van der Waals surface area (Å²) in [4.78, 5) is 17.8. The molecule has 0 saturated heterocycles.